The molecule has 0 aliphatic rings. The van der Waals surface area contributed by atoms with E-state index in [1.54, 1.807) is 31.3 Å². The van der Waals surface area contributed by atoms with Crippen LogP contribution in [0.2, 0.25) is 0 Å². The van der Waals surface area contributed by atoms with Gasteiger partial charge in [-0.3, -0.25) is 0 Å². The monoisotopic (exact) mass is 207 g/mol. The highest BCUT2D eigenvalue weighted by molar-refractivity contribution is 5.89. The molecule has 0 spiro atoms. The Bertz CT molecular complexity index is 367. The summed E-state index contributed by atoms with van der Waals surface area (Å²) < 4.78 is 0. The van der Waals surface area contributed by atoms with E-state index in [1.165, 1.54) is 0 Å². The standard InChI is InChI=1S/C9H13N5O/c1-12-9(15)14-7-4-2-6(3-5-7)13-8(10)11/h2-5H,1H3,(H4,10,11,13)(H2,12,14,15). The molecule has 0 aromatic heterocycles. The Morgan fingerprint density at radius 2 is 1.87 bits per heavy atom. The van der Waals surface area contributed by atoms with Gasteiger partial charge in [0, 0.05) is 12.7 Å². The molecule has 0 fully saturated rings. The quantitative estimate of drug-likeness (QED) is 0.415. The van der Waals surface area contributed by atoms with Gasteiger partial charge in [0.05, 0.1) is 5.69 Å². The van der Waals surface area contributed by atoms with Crippen molar-refractivity contribution < 1.29 is 4.79 Å². The van der Waals surface area contributed by atoms with Crippen LogP contribution in [0.4, 0.5) is 16.2 Å². The highest BCUT2D eigenvalue weighted by Gasteiger charge is 1.97. The number of aliphatic imine (C=N–C) groups is 1. The third-order valence-electron chi connectivity index (χ3n) is 1.61. The second-order valence-electron chi connectivity index (χ2n) is 2.79. The van der Waals surface area contributed by atoms with E-state index >= 15 is 0 Å². The average molecular weight is 207 g/mol. The molecule has 0 saturated carbocycles. The zero-order valence-electron chi connectivity index (χ0n) is 8.32. The topological polar surface area (TPSA) is 106 Å². The number of amides is 2. The number of nitrogens with zero attached hydrogens (tertiary/aromatic N) is 1. The van der Waals surface area contributed by atoms with Gasteiger partial charge in [0.25, 0.3) is 0 Å². The maximum atomic E-state index is 11.0. The van der Waals surface area contributed by atoms with Crippen LogP contribution in [0.25, 0.3) is 0 Å². The zero-order valence-corrected chi connectivity index (χ0v) is 8.32. The molecule has 1 aromatic carbocycles. The predicted molar refractivity (Wildman–Crippen MR) is 60.0 cm³/mol. The number of carbonyl (C=O) groups excluding carboxylic acids is 1. The molecule has 1 aromatic rings. The van der Waals surface area contributed by atoms with Gasteiger partial charge in [0.1, 0.15) is 0 Å². The minimum atomic E-state index is -0.274. The molecular formula is C9H13N5O. The van der Waals surface area contributed by atoms with Gasteiger partial charge in [-0.15, -0.1) is 0 Å². The first-order valence-corrected chi connectivity index (χ1v) is 4.30. The summed E-state index contributed by atoms with van der Waals surface area (Å²) >= 11 is 0. The fourth-order valence-corrected chi connectivity index (χ4v) is 0.962. The number of urea groups is 1. The van der Waals surface area contributed by atoms with Crippen LogP contribution < -0.4 is 22.1 Å². The van der Waals surface area contributed by atoms with Crippen LogP contribution in [0.3, 0.4) is 0 Å². The largest absolute Gasteiger partial charge is 0.370 e. The number of hydrogen-bond donors (Lipinski definition) is 4. The van der Waals surface area contributed by atoms with Crippen molar-refractivity contribution in [2.24, 2.45) is 16.5 Å². The number of guanidine groups is 1. The van der Waals surface area contributed by atoms with Gasteiger partial charge in [-0.25, -0.2) is 9.79 Å². The number of nitrogens with one attached hydrogen (secondary N) is 2. The van der Waals surface area contributed by atoms with Crippen molar-refractivity contribution in [3.8, 4) is 0 Å². The van der Waals surface area contributed by atoms with E-state index in [-0.39, 0.29) is 12.0 Å². The first-order valence-electron chi connectivity index (χ1n) is 4.30. The predicted octanol–water partition coefficient (Wildman–Crippen LogP) is 0.343. The molecule has 0 bridgehead atoms. The molecule has 0 atom stereocenters. The SMILES string of the molecule is CNC(=O)Nc1ccc(N=C(N)N)cc1. The molecule has 6 heteroatoms. The first kappa shape index (κ1) is 10.8. The maximum absolute atomic E-state index is 11.0. The number of nitrogens with two attached hydrogens (primary N) is 2. The number of rotatable bonds is 2. The summed E-state index contributed by atoms with van der Waals surface area (Å²) in [6, 6.07) is 6.54. The minimum Gasteiger partial charge on any atom is -0.370 e. The van der Waals surface area contributed by atoms with Crippen molar-refractivity contribution in [2.45, 2.75) is 0 Å². The van der Waals surface area contributed by atoms with Crippen molar-refractivity contribution in [1.29, 1.82) is 0 Å². The van der Waals surface area contributed by atoms with E-state index in [1.807, 2.05) is 0 Å². The number of hydrogen-bond acceptors (Lipinski definition) is 2. The minimum absolute atomic E-state index is 0.00186. The summed E-state index contributed by atoms with van der Waals surface area (Å²) in [6.07, 6.45) is 0. The molecule has 0 heterocycles. The Balaban J connectivity index is 2.72. The highest BCUT2D eigenvalue weighted by Crippen LogP contribution is 2.15. The number of anilines is 1. The molecule has 15 heavy (non-hydrogen) atoms. The molecule has 0 aliphatic carbocycles. The third-order valence-corrected chi connectivity index (χ3v) is 1.61. The van der Waals surface area contributed by atoms with E-state index in [4.69, 9.17) is 11.5 Å². The van der Waals surface area contributed by atoms with Gasteiger partial charge in [-0.2, -0.15) is 0 Å². The second-order valence-corrected chi connectivity index (χ2v) is 2.79. The highest BCUT2D eigenvalue weighted by atomic mass is 16.2. The van der Waals surface area contributed by atoms with Crippen LogP contribution in [0, 0.1) is 0 Å². The molecule has 0 radical (unpaired) electrons. The molecule has 6 N–H and O–H groups in total. The van der Waals surface area contributed by atoms with E-state index in [0.29, 0.717) is 11.4 Å². The van der Waals surface area contributed by atoms with Crippen LogP contribution in [0.15, 0.2) is 29.3 Å². The smallest absolute Gasteiger partial charge is 0.318 e. The normalized spacial score (nSPS) is 9.13. The Kier molecular flexibility index (Phi) is 3.50. The summed E-state index contributed by atoms with van der Waals surface area (Å²) in [5, 5.41) is 5.05. The van der Waals surface area contributed by atoms with Gasteiger partial charge in [-0.05, 0) is 24.3 Å². The lowest BCUT2D eigenvalue weighted by Crippen LogP contribution is -2.24. The van der Waals surface area contributed by atoms with Crippen molar-refractivity contribution in [3.05, 3.63) is 24.3 Å². The van der Waals surface area contributed by atoms with Crippen molar-refractivity contribution in [2.75, 3.05) is 12.4 Å². The Hall–Kier alpha value is -2.24. The van der Waals surface area contributed by atoms with Crippen molar-refractivity contribution in [1.82, 2.24) is 5.32 Å². The Morgan fingerprint density at radius 3 is 2.33 bits per heavy atom. The Morgan fingerprint density at radius 1 is 1.27 bits per heavy atom. The second kappa shape index (κ2) is 4.85. The van der Waals surface area contributed by atoms with E-state index in [2.05, 4.69) is 15.6 Å². The van der Waals surface area contributed by atoms with E-state index in [0.717, 1.165) is 0 Å². The molecule has 2 amide bonds. The molecule has 1 rings (SSSR count). The van der Waals surface area contributed by atoms with Crippen LogP contribution in [0.5, 0.6) is 0 Å². The molecule has 0 unspecified atom stereocenters. The molecule has 6 nitrogen and oxygen atoms in total. The van der Waals surface area contributed by atoms with Crippen LogP contribution in [-0.4, -0.2) is 19.0 Å². The zero-order chi connectivity index (χ0) is 11.3. The van der Waals surface area contributed by atoms with E-state index < -0.39 is 0 Å². The molecule has 0 saturated heterocycles. The van der Waals surface area contributed by atoms with Gasteiger partial charge < -0.3 is 22.1 Å². The maximum Gasteiger partial charge on any atom is 0.318 e. The van der Waals surface area contributed by atoms with Crippen molar-refractivity contribution >= 4 is 23.4 Å². The fraction of sp³-hybridized carbons (Fsp3) is 0.111. The lowest BCUT2D eigenvalue weighted by Gasteiger charge is -2.03. The summed E-state index contributed by atoms with van der Waals surface area (Å²) in [6.45, 7) is 0. The lowest BCUT2D eigenvalue weighted by atomic mass is 10.3. The third kappa shape index (κ3) is 3.55. The molecule has 0 aliphatic heterocycles. The fourth-order valence-electron chi connectivity index (χ4n) is 0.962. The van der Waals surface area contributed by atoms with Crippen LogP contribution in [0.1, 0.15) is 0 Å². The summed E-state index contributed by atoms with van der Waals surface area (Å²) in [7, 11) is 1.54. The Labute approximate surface area is 87.4 Å². The van der Waals surface area contributed by atoms with Crippen molar-refractivity contribution in [3.63, 3.8) is 0 Å². The summed E-state index contributed by atoms with van der Waals surface area (Å²) in [5.74, 6) is 0.00186. The molecule has 80 valence electrons. The van der Waals surface area contributed by atoms with Gasteiger partial charge >= 0.3 is 6.03 Å². The molecular weight excluding hydrogens is 194 g/mol. The summed E-state index contributed by atoms with van der Waals surface area (Å²) in [5.41, 5.74) is 11.7. The average Bonchev–Trinajstić information content (AvgIpc) is 2.20. The van der Waals surface area contributed by atoms with Gasteiger partial charge in [0.2, 0.25) is 0 Å². The lowest BCUT2D eigenvalue weighted by molar-refractivity contribution is 0.254. The van der Waals surface area contributed by atoms with Gasteiger partial charge in [0.15, 0.2) is 5.96 Å². The van der Waals surface area contributed by atoms with Crippen LogP contribution >= 0.6 is 0 Å². The van der Waals surface area contributed by atoms with Crippen LogP contribution in [-0.2, 0) is 0 Å². The van der Waals surface area contributed by atoms with Gasteiger partial charge in [-0.1, -0.05) is 0 Å². The van der Waals surface area contributed by atoms with E-state index in [9.17, 15) is 4.79 Å². The number of carbonyl (C=O) groups is 1. The summed E-state index contributed by atoms with van der Waals surface area (Å²) in [4.78, 5) is 14.8. The first-order chi connectivity index (χ1) is 7.11. The number of benzene rings is 1.